The molecule has 6 saturated heterocycles. The van der Waals surface area contributed by atoms with Crippen molar-refractivity contribution in [2.24, 2.45) is 50.2 Å². The number of carbonyl (C=O) groups excluding carboxylic acids is 1. The zero-order valence-electron chi connectivity index (χ0n) is 52.8. The van der Waals surface area contributed by atoms with Crippen LogP contribution >= 0.6 is 0 Å². The number of hydrogen-bond donors (Lipinski definition) is 16. The predicted octanol–water partition coefficient (Wildman–Crippen LogP) is -3.83. The van der Waals surface area contributed by atoms with Gasteiger partial charge in [-0.05, 0) is 110 Å². The van der Waals surface area contributed by atoms with E-state index in [-0.39, 0.29) is 42.1 Å². The van der Waals surface area contributed by atoms with Gasteiger partial charge in [0.2, 0.25) is 6.29 Å². The van der Waals surface area contributed by atoms with Gasteiger partial charge in [0.1, 0.15) is 115 Å². The Morgan fingerprint density at radius 3 is 1.73 bits per heavy atom. The van der Waals surface area contributed by atoms with Gasteiger partial charge in [-0.2, -0.15) is 0 Å². The lowest BCUT2D eigenvalue weighted by Crippen LogP contribution is -2.68. The fraction of sp³-hybridized carbons (Fsp3) is 0.952. The summed E-state index contributed by atoms with van der Waals surface area (Å²) in [5.41, 5.74) is -2.58. The quantitative estimate of drug-likeness (QED) is 0.0477. The van der Waals surface area contributed by atoms with Crippen LogP contribution in [0.2, 0.25) is 0 Å². The van der Waals surface area contributed by atoms with Gasteiger partial charge in [-0.15, -0.1) is 0 Å². The van der Waals surface area contributed by atoms with Gasteiger partial charge < -0.3 is 139 Å². The number of fused-ring (bicyclic) bond motifs is 7. The molecule has 29 heteroatoms. The summed E-state index contributed by atoms with van der Waals surface area (Å²) >= 11 is 0. The molecule has 0 amide bonds. The fourth-order valence-corrected chi connectivity index (χ4v) is 18.3. The van der Waals surface area contributed by atoms with E-state index in [4.69, 9.17) is 56.8 Å². The molecule has 522 valence electrons. The summed E-state index contributed by atoms with van der Waals surface area (Å²) in [7, 11) is 0. The number of carbonyl (C=O) groups is 1. The fourth-order valence-electron chi connectivity index (χ4n) is 18.3. The van der Waals surface area contributed by atoms with Gasteiger partial charge in [0, 0.05) is 0 Å². The minimum Gasteiger partial charge on any atom is -0.432 e. The first kappa shape index (κ1) is 70.4. The van der Waals surface area contributed by atoms with Gasteiger partial charge in [0.25, 0.3) is 0 Å². The van der Waals surface area contributed by atoms with Crippen molar-refractivity contribution in [3.8, 4) is 0 Å². The molecule has 35 atom stereocenters. The molecule has 0 aromatic rings. The minimum atomic E-state index is -1.97. The first-order valence-electron chi connectivity index (χ1n) is 32.4. The third kappa shape index (κ3) is 12.1. The molecule has 11 rings (SSSR count). The molecule has 10 fully saturated rings. The van der Waals surface area contributed by atoms with Crippen LogP contribution in [0.4, 0.5) is 0 Å². The summed E-state index contributed by atoms with van der Waals surface area (Å²) in [4.78, 5) is 15.5. The van der Waals surface area contributed by atoms with Crippen molar-refractivity contribution in [1.82, 2.24) is 0 Å². The van der Waals surface area contributed by atoms with Gasteiger partial charge >= 0.3 is 5.97 Å². The van der Waals surface area contributed by atoms with Crippen LogP contribution in [0.1, 0.15) is 113 Å². The molecular formula is C62H100O29. The second-order valence-corrected chi connectivity index (χ2v) is 30.2. The van der Waals surface area contributed by atoms with Crippen LogP contribution in [0.15, 0.2) is 11.6 Å². The third-order valence-corrected chi connectivity index (χ3v) is 24.0. The van der Waals surface area contributed by atoms with E-state index in [1.165, 1.54) is 6.92 Å². The SMILES string of the molecule is C[C@@H]1O[C@@H](O[C@H]2[C@H](OC(=O)[C@]34CCC(C)(C)C[C@H]3C3=CC[C@@H]5[C@@]6(C)CC[C@H](O[C@@H]7O[C@H](CO[C@@H]8OC[C@H](O)[C@H](O)[C@H]8O)[C@@H](O)[C@H](O)[C@H]7O)C(C)(C)[C@@H]6CC[C@@]5(C)[C@]3(C)C[C@H]4O)OC[C@@H](O)[C@@H]2O)[C@H](O)[C@H](O)[C@H]1O[C@@H]1OC[C@H](O)[C@H](O[C@@H]2OC[C@@H](O)[C@H](O)[C@H]2O)[C@H]1O. The molecule has 0 radical (unpaired) electrons. The lowest BCUT2D eigenvalue weighted by Gasteiger charge is -2.71. The van der Waals surface area contributed by atoms with E-state index in [2.05, 4.69) is 54.5 Å². The van der Waals surface area contributed by atoms with Crippen LogP contribution in [0.3, 0.4) is 0 Å². The van der Waals surface area contributed by atoms with E-state index in [1.807, 2.05) is 0 Å². The summed E-state index contributed by atoms with van der Waals surface area (Å²) < 4.78 is 70.6. The van der Waals surface area contributed by atoms with E-state index in [0.717, 1.165) is 18.4 Å². The van der Waals surface area contributed by atoms with Crippen molar-refractivity contribution in [2.75, 3.05) is 33.0 Å². The Labute approximate surface area is 527 Å². The van der Waals surface area contributed by atoms with Crippen molar-refractivity contribution >= 4 is 5.97 Å². The summed E-state index contributed by atoms with van der Waals surface area (Å²) in [6.45, 7) is 14.7. The standard InChI is InChI=1S/C62H100O29/c1-24-47(88-52-46(78)48(30(66)22-82-52)89-51-43(75)37(69)28(64)20-81-51)41(73)45(77)53(85-24)90-49-38(70)29(65)21-83-55(49)91-56(79)62-16-15-57(2,3)17-26(62)25-9-10-33-59(6)13-12-35(58(4,5)32(59)11-14-60(33,7)61(25,8)18-34(62)67)87-54-44(76)40(72)39(71)31(86-54)23-84-50-42(74)36(68)27(63)19-80-50/h9,24,26-55,63-78H,10-23H2,1-8H3/t24-,26-,27-,28+,29+,30-,31+,32-,33+,34+,35-,36-,37-,38-,39+,40-,41-,42+,43+,44+,45+,46+,47-,48-,49+,50-,51-,52-,53-,54-,55-,59-,60+,61+,62+/m0/s1. The molecule has 0 bridgehead atoms. The Morgan fingerprint density at radius 2 is 1.05 bits per heavy atom. The van der Waals surface area contributed by atoms with Crippen molar-refractivity contribution in [3.05, 3.63) is 11.6 Å². The van der Waals surface area contributed by atoms with Gasteiger partial charge in [-0.25, -0.2) is 0 Å². The highest BCUT2D eigenvalue weighted by atomic mass is 16.8. The summed E-state index contributed by atoms with van der Waals surface area (Å²) in [6, 6.07) is 0. The normalized spacial score (nSPS) is 54.8. The second kappa shape index (κ2) is 26.1. The van der Waals surface area contributed by atoms with Crippen LogP contribution in [0.25, 0.3) is 0 Å². The number of esters is 1. The first-order chi connectivity index (χ1) is 42.6. The van der Waals surface area contributed by atoms with Crippen molar-refractivity contribution < 1.29 is 143 Å². The molecule has 91 heavy (non-hydrogen) atoms. The molecule has 0 aromatic carbocycles. The maximum absolute atomic E-state index is 15.5. The van der Waals surface area contributed by atoms with Crippen molar-refractivity contribution in [3.63, 3.8) is 0 Å². The topological polar surface area (TPSA) is 452 Å². The maximum Gasteiger partial charge on any atom is 0.317 e. The number of rotatable bonds is 13. The van der Waals surface area contributed by atoms with Gasteiger partial charge in [0.05, 0.1) is 51.3 Å². The van der Waals surface area contributed by atoms with E-state index in [1.54, 1.807) is 0 Å². The molecule has 5 aliphatic carbocycles. The van der Waals surface area contributed by atoms with Crippen molar-refractivity contribution in [2.45, 2.75) is 285 Å². The molecule has 11 aliphatic rings. The molecule has 29 nitrogen and oxygen atoms in total. The van der Waals surface area contributed by atoms with E-state index in [0.29, 0.717) is 32.1 Å². The molecule has 16 N–H and O–H groups in total. The van der Waals surface area contributed by atoms with E-state index >= 15 is 4.79 Å². The average Bonchev–Trinajstić information content (AvgIpc) is 0.673. The van der Waals surface area contributed by atoms with E-state index < -0.39 is 232 Å². The molecule has 0 unspecified atom stereocenters. The molecular weight excluding hydrogens is 1210 g/mol. The monoisotopic (exact) mass is 1310 g/mol. The Bertz CT molecular complexity index is 2570. The third-order valence-electron chi connectivity index (χ3n) is 24.0. The molecule has 0 aromatic heterocycles. The van der Waals surface area contributed by atoms with Crippen LogP contribution in [-0.2, 0) is 61.6 Å². The van der Waals surface area contributed by atoms with Crippen LogP contribution in [0, 0.1) is 50.2 Å². The number of hydrogen-bond acceptors (Lipinski definition) is 29. The Morgan fingerprint density at radius 1 is 0.505 bits per heavy atom. The molecule has 4 saturated carbocycles. The molecule has 6 aliphatic heterocycles. The zero-order valence-corrected chi connectivity index (χ0v) is 52.8. The van der Waals surface area contributed by atoms with E-state index in [9.17, 15) is 81.7 Å². The Balaban J connectivity index is 0.772. The minimum absolute atomic E-state index is 0.0689. The van der Waals surface area contributed by atoms with Crippen LogP contribution in [-0.4, -0.2) is 293 Å². The van der Waals surface area contributed by atoms with Crippen LogP contribution < -0.4 is 0 Å². The summed E-state index contributed by atoms with van der Waals surface area (Å²) in [5, 5.41) is 175. The lowest BCUT2D eigenvalue weighted by molar-refractivity contribution is -0.375. The number of allylic oxidation sites excluding steroid dienone is 2. The predicted molar refractivity (Wildman–Crippen MR) is 304 cm³/mol. The summed E-state index contributed by atoms with van der Waals surface area (Å²) in [5.74, 6) is -1.17. The smallest absolute Gasteiger partial charge is 0.317 e. The maximum atomic E-state index is 15.5. The zero-order chi connectivity index (χ0) is 66.1. The van der Waals surface area contributed by atoms with Gasteiger partial charge in [-0.3, -0.25) is 4.79 Å². The highest BCUT2D eigenvalue weighted by Crippen LogP contribution is 2.76. The molecule has 6 heterocycles. The second-order valence-electron chi connectivity index (χ2n) is 30.2. The highest BCUT2D eigenvalue weighted by molar-refractivity contribution is 5.80. The number of ether oxygens (including phenoxy) is 12. The van der Waals surface area contributed by atoms with Gasteiger partial charge in [-0.1, -0.05) is 60.1 Å². The largest absolute Gasteiger partial charge is 0.432 e. The highest BCUT2D eigenvalue weighted by Gasteiger charge is 2.72. The van der Waals surface area contributed by atoms with Gasteiger partial charge in [0.15, 0.2) is 37.6 Å². The number of aliphatic hydroxyl groups excluding tert-OH is 16. The van der Waals surface area contributed by atoms with Crippen molar-refractivity contribution in [1.29, 1.82) is 0 Å². The Hall–Kier alpha value is -1.87. The first-order valence-corrected chi connectivity index (χ1v) is 32.4. The lowest BCUT2D eigenvalue weighted by atomic mass is 9.33. The Kier molecular flexibility index (Phi) is 20.2. The van der Waals surface area contributed by atoms with Crippen LogP contribution in [0.5, 0.6) is 0 Å². The molecule has 0 spiro atoms. The summed E-state index contributed by atoms with van der Waals surface area (Å²) in [6.07, 6.45) is -35.9. The average molecular weight is 1310 g/mol. The number of aliphatic hydroxyl groups is 16.